The molecule has 2 aliphatic heterocycles. The van der Waals surface area contributed by atoms with E-state index in [0.717, 1.165) is 22.6 Å². The van der Waals surface area contributed by atoms with Crippen molar-refractivity contribution in [2.45, 2.75) is 32.9 Å². The summed E-state index contributed by atoms with van der Waals surface area (Å²) >= 11 is 0. The average molecular weight is 524 g/mol. The Morgan fingerprint density at radius 2 is 1.79 bits per heavy atom. The molecule has 0 aliphatic carbocycles. The van der Waals surface area contributed by atoms with E-state index >= 15 is 0 Å². The molecule has 0 aromatic heterocycles. The van der Waals surface area contributed by atoms with Crippen LogP contribution in [0.1, 0.15) is 25.0 Å². The number of nitrogens with zero attached hydrogens (tertiary/aromatic N) is 3. The molecule has 0 saturated carbocycles. The summed E-state index contributed by atoms with van der Waals surface area (Å²) < 4.78 is 17.1. The molecule has 0 bridgehead atoms. The Hall–Kier alpha value is -3.59. The van der Waals surface area contributed by atoms with Crippen molar-refractivity contribution in [2.75, 3.05) is 53.0 Å². The van der Waals surface area contributed by atoms with Crippen LogP contribution in [0.15, 0.2) is 48.5 Å². The van der Waals surface area contributed by atoms with Crippen molar-refractivity contribution in [3.05, 3.63) is 59.7 Å². The smallest absolute Gasteiger partial charge is 0.248 e. The van der Waals surface area contributed by atoms with Crippen molar-refractivity contribution in [3.63, 3.8) is 0 Å². The van der Waals surface area contributed by atoms with Gasteiger partial charge in [0.1, 0.15) is 24.7 Å². The summed E-state index contributed by atoms with van der Waals surface area (Å²) in [6.07, 6.45) is 0.0567. The number of hydrogen-bond donors (Lipinski definition) is 0. The van der Waals surface area contributed by atoms with Gasteiger partial charge in [0.15, 0.2) is 0 Å². The van der Waals surface area contributed by atoms with Crippen LogP contribution in [0, 0.1) is 5.92 Å². The van der Waals surface area contributed by atoms with Gasteiger partial charge in [-0.05, 0) is 49.6 Å². The Morgan fingerprint density at radius 3 is 2.50 bits per heavy atom. The third-order valence-corrected chi connectivity index (χ3v) is 7.16. The first-order chi connectivity index (χ1) is 18.4. The fourth-order valence-corrected chi connectivity index (χ4v) is 4.96. The molecule has 0 N–H and O–H groups in total. The van der Waals surface area contributed by atoms with Crippen molar-refractivity contribution in [3.8, 4) is 11.5 Å². The van der Waals surface area contributed by atoms with Crippen LogP contribution in [-0.4, -0.2) is 91.6 Å². The summed E-state index contributed by atoms with van der Waals surface area (Å²) in [5.74, 6) is 0.743. The van der Waals surface area contributed by atoms with Crippen LogP contribution in [-0.2, 0) is 32.1 Å². The molecule has 2 heterocycles. The first-order valence-electron chi connectivity index (χ1n) is 13.2. The minimum absolute atomic E-state index is 0.0447. The third-order valence-electron chi connectivity index (χ3n) is 7.16. The molecule has 0 spiro atoms. The Kier molecular flexibility index (Phi) is 9.23. The highest BCUT2D eigenvalue weighted by molar-refractivity contribution is 5.87. The van der Waals surface area contributed by atoms with Crippen LogP contribution in [0.3, 0.4) is 0 Å². The first-order valence-corrected chi connectivity index (χ1v) is 13.2. The number of rotatable bonds is 9. The van der Waals surface area contributed by atoms with Gasteiger partial charge >= 0.3 is 0 Å². The zero-order chi connectivity index (χ0) is 27.1. The highest BCUT2D eigenvalue weighted by atomic mass is 16.5. The van der Waals surface area contributed by atoms with Gasteiger partial charge in [-0.3, -0.25) is 14.4 Å². The second-order valence-corrected chi connectivity index (χ2v) is 9.66. The number of fused-ring (bicyclic) bond motifs is 1. The van der Waals surface area contributed by atoms with Crippen molar-refractivity contribution in [1.29, 1.82) is 0 Å². The van der Waals surface area contributed by atoms with E-state index in [9.17, 15) is 14.4 Å². The standard InChI is InChI=1S/C29H37N3O6/c1-4-30(5-2)28(34)20-37-25-16-31(15-21-10-12-24(36-3)13-11-21)27(33)18-32(17-25)29(35)23-14-22-8-6-7-9-26(22)38-19-23/h6-13,23,25H,4-5,14-20H2,1-3H3/t23-,25+/m0/s1. The van der Waals surface area contributed by atoms with Crippen LogP contribution < -0.4 is 9.47 Å². The van der Waals surface area contributed by atoms with Gasteiger partial charge in [0.25, 0.3) is 0 Å². The van der Waals surface area contributed by atoms with Gasteiger partial charge in [-0.15, -0.1) is 0 Å². The Morgan fingerprint density at radius 1 is 1.05 bits per heavy atom. The van der Waals surface area contributed by atoms with E-state index in [4.69, 9.17) is 14.2 Å². The SMILES string of the molecule is CCN(CC)C(=O)CO[C@@H]1CN(Cc2ccc(OC)cc2)C(=O)CN(C(=O)[C@@H]2COc3ccccc3C2)C1. The zero-order valence-electron chi connectivity index (χ0n) is 22.4. The summed E-state index contributed by atoms with van der Waals surface area (Å²) in [5.41, 5.74) is 1.92. The highest BCUT2D eigenvalue weighted by Crippen LogP contribution is 2.28. The molecule has 9 heteroatoms. The number of benzene rings is 2. The number of carbonyl (C=O) groups excluding carboxylic acids is 3. The Bertz CT molecular complexity index is 1120. The molecule has 4 rings (SSSR count). The fourth-order valence-electron chi connectivity index (χ4n) is 4.96. The van der Waals surface area contributed by atoms with Crippen molar-refractivity contribution in [2.24, 2.45) is 5.92 Å². The third kappa shape index (κ3) is 6.64. The van der Waals surface area contributed by atoms with Gasteiger partial charge in [0.2, 0.25) is 17.7 Å². The largest absolute Gasteiger partial charge is 0.497 e. The molecule has 204 valence electrons. The zero-order valence-corrected chi connectivity index (χ0v) is 22.4. The number of para-hydroxylation sites is 1. The lowest BCUT2D eigenvalue weighted by Crippen LogP contribution is -2.46. The van der Waals surface area contributed by atoms with Crippen LogP contribution >= 0.6 is 0 Å². The van der Waals surface area contributed by atoms with E-state index in [1.165, 1.54) is 0 Å². The van der Waals surface area contributed by atoms with Crippen LogP contribution in [0.25, 0.3) is 0 Å². The second kappa shape index (κ2) is 12.8. The number of likely N-dealkylation sites (N-methyl/N-ethyl adjacent to an activating group) is 1. The minimum atomic E-state index is -0.500. The van der Waals surface area contributed by atoms with E-state index in [-0.39, 0.29) is 56.5 Å². The van der Waals surface area contributed by atoms with E-state index in [1.807, 2.05) is 62.4 Å². The summed E-state index contributed by atoms with van der Waals surface area (Å²) in [6.45, 7) is 6.04. The van der Waals surface area contributed by atoms with E-state index in [0.29, 0.717) is 26.1 Å². The van der Waals surface area contributed by atoms with Crippen molar-refractivity contribution >= 4 is 17.7 Å². The quantitative estimate of drug-likeness (QED) is 0.502. The van der Waals surface area contributed by atoms with E-state index in [2.05, 4.69) is 0 Å². The van der Waals surface area contributed by atoms with Crippen LogP contribution in [0.2, 0.25) is 0 Å². The minimum Gasteiger partial charge on any atom is -0.497 e. The van der Waals surface area contributed by atoms with E-state index < -0.39 is 6.10 Å². The molecule has 2 aromatic carbocycles. The van der Waals surface area contributed by atoms with Crippen LogP contribution in [0.5, 0.6) is 11.5 Å². The van der Waals surface area contributed by atoms with Crippen LogP contribution in [0.4, 0.5) is 0 Å². The lowest BCUT2D eigenvalue weighted by Gasteiger charge is -2.30. The maximum absolute atomic E-state index is 13.6. The van der Waals surface area contributed by atoms with E-state index in [1.54, 1.807) is 21.8 Å². The number of hydrogen-bond acceptors (Lipinski definition) is 6. The summed E-state index contributed by atoms with van der Waals surface area (Å²) in [5, 5.41) is 0. The normalized spacial score (nSPS) is 19.3. The summed E-state index contributed by atoms with van der Waals surface area (Å²) in [6, 6.07) is 15.2. The maximum Gasteiger partial charge on any atom is 0.248 e. The number of carbonyl (C=O) groups is 3. The van der Waals surface area contributed by atoms with Gasteiger partial charge in [-0.2, -0.15) is 0 Å². The number of methoxy groups -OCH3 is 1. The molecule has 1 fully saturated rings. The van der Waals surface area contributed by atoms with Gasteiger partial charge in [0.05, 0.1) is 25.7 Å². The molecule has 3 amide bonds. The van der Waals surface area contributed by atoms with Gasteiger partial charge in [-0.25, -0.2) is 0 Å². The van der Waals surface area contributed by atoms with Gasteiger partial charge in [-0.1, -0.05) is 30.3 Å². The Balaban J connectivity index is 1.49. The summed E-state index contributed by atoms with van der Waals surface area (Å²) in [4.78, 5) is 44.6. The molecule has 38 heavy (non-hydrogen) atoms. The average Bonchev–Trinajstić information content (AvgIpc) is 3.10. The molecular formula is C29H37N3O6. The highest BCUT2D eigenvalue weighted by Gasteiger charge is 2.36. The molecule has 0 radical (unpaired) electrons. The molecule has 2 aromatic rings. The maximum atomic E-state index is 13.6. The van der Waals surface area contributed by atoms with Gasteiger partial charge in [0, 0.05) is 32.7 Å². The molecule has 0 unspecified atom stereocenters. The molecule has 2 aliphatic rings. The van der Waals surface area contributed by atoms with Crippen molar-refractivity contribution < 1.29 is 28.6 Å². The predicted octanol–water partition coefficient (Wildman–Crippen LogP) is 2.37. The molecule has 1 saturated heterocycles. The number of amides is 3. The molecule has 9 nitrogen and oxygen atoms in total. The molecule has 2 atom stereocenters. The van der Waals surface area contributed by atoms with Crippen molar-refractivity contribution in [1.82, 2.24) is 14.7 Å². The first kappa shape index (κ1) is 27.4. The summed E-state index contributed by atoms with van der Waals surface area (Å²) in [7, 11) is 1.61. The monoisotopic (exact) mass is 523 g/mol. The fraction of sp³-hybridized carbons (Fsp3) is 0.483. The lowest BCUT2D eigenvalue weighted by molar-refractivity contribution is -0.143. The second-order valence-electron chi connectivity index (χ2n) is 9.66. The van der Waals surface area contributed by atoms with Gasteiger partial charge < -0.3 is 28.9 Å². The predicted molar refractivity (Wildman–Crippen MR) is 142 cm³/mol. The number of ether oxygens (including phenoxy) is 3. The molecular weight excluding hydrogens is 486 g/mol. The topological polar surface area (TPSA) is 88.6 Å². The Labute approximate surface area is 224 Å². The lowest BCUT2D eigenvalue weighted by atomic mass is 9.95.